The van der Waals surface area contributed by atoms with Gasteiger partial charge < -0.3 is 10.5 Å². The summed E-state index contributed by atoms with van der Waals surface area (Å²) in [7, 11) is 0. The van der Waals surface area contributed by atoms with Gasteiger partial charge in [-0.15, -0.1) is 0 Å². The minimum absolute atomic E-state index is 0.247. The Morgan fingerprint density at radius 3 is 2.58 bits per heavy atom. The van der Waals surface area contributed by atoms with Crippen molar-refractivity contribution in [2.75, 3.05) is 0 Å². The van der Waals surface area contributed by atoms with Gasteiger partial charge in [-0.25, -0.2) is 0 Å². The number of halogens is 2. The summed E-state index contributed by atoms with van der Waals surface area (Å²) < 4.78 is 5.71. The number of hydrogen-bond acceptors (Lipinski definition) is 2. The number of hydrogen-bond donors (Lipinski definition) is 1. The fourth-order valence-corrected chi connectivity index (χ4v) is 2.11. The molecule has 2 rings (SSSR count). The number of thiocarbonyl (C=S) groups is 1. The Morgan fingerprint density at radius 1 is 1.16 bits per heavy atom. The molecule has 5 heteroatoms. The van der Waals surface area contributed by atoms with E-state index in [0.29, 0.717) is 28.0 Å². The SMILES string of the molecule is NC(=S)c1cc(Cl)ccc1OCc1ccccc1Cl. The van der Waals surface area contributed by atoms with E-state index >= 15 is 0 Å². The van der Waals surface area contributed by atoms with Crippen LogP contribution < -0.4 is 10.5 Å². The highest BCUT2D eigenvalue weighted by atomic mass is 35.5. The molecule has 19 heavy (non-hydrogen) atoms. The molecule has 98 valence electrons. The van der Waals surface area contributed by atoms with Crippen molar-refractivity contribution in [2.45, 2.75) is 6.61 Å². The molecular weight excluding hydrogens is 301 g/mol. The monoisotopic (exact) mass is 311 g/mol. The first-order chi connectivity index (χ1) is 9.08. The number of nitrogens with two attached hydrogens (primary N) is 1. The lowest BCUT2D eigenvalue weighted by Gasteiger charge is -2.11. The van der Waals surface area contributed by atoms with E-state index in [-0.39, 0.29) is 4.99 Å². The fraction of sp³-hybridized carbons (Fsp3) is 0.0714. The van der Waals surface area contributed by atoms with Crippen LogP contribution in [0.5, 0.6) is 5.75 Å². The van der Waals surface area contributed by atoms with E-state index in [1.54, 1.807) is 18.2 Å². The summed E-state index contributed by atoms with van der Waals surface area (Å²) in [6.07, 6.45) is 0. The quantitative estimate of drug-likeness (QED) is 0.859. The molecular formula is C14H11Cl2NOS. The Morgan fingerprint density at radius 2 is 1.89 bits per heavy atom. The van der Waals surface area contributed by atoms with Gasteiger partial charge in [-0.05, 0) is 24.3 Å². The second-order valence-corrected chi connectivity index (χ2v) is 5.17. The summed E-state index contributed by atoms with van der Waals surface area (Å²) in [6, 6.07) is 12.6. The predicted molar refractivity (Wildman–Crippen MR) is 83.1 cm³/mol. The maximum Gasteiger partial charge on any atom is 0.130 e. The lowest BCUT2D eigenvalue weighted by Crippen LogP contribution is -2.11. The molecule has 0 saturated heterocycles. The van der Waals surface area contributed by atoms with Gasteiger partial charge in [-0.3, -0.25) is 0 Å². The molecule has 0 unspecified atom stereocenters. The summed E-state index contributed by atoms with van der Waals surface area (Å²) in [5.74, 6) is 0.594. The molecule has 2 N–H and O–H groups in total. The van der Waals surface area contributed by atoms with Crippen molar-refractivity contribution in [3.05, 3.63) is 63.6 Å². The second-order valence-electron chi connectivity index (χ2n) is 3.88. The zero-order chi connectivity index (χ0) is 13.8. The van der Waals surface area contributed by atoms with Gasteiger partial charge >= 0.3 is 0 Å². The Balaban J connectivity index is 2.20. The maximum atomic E-state index is 6.07. The molecule has 0 spiro atoms. The van der Waals surface area contributed by atoms with Crippen molar-refractivity contribution in [2.24, 2.45) is 5.73 Å². The highest BCUT2D eigenvalue weighted by Crippen LogP contribution is 2.25. The summed E-state index contributed by atoms with van der Waals surface area (Å²) in [4.78, 5) is 0.247. The zero-order valence-electron chi connectivity index (χ0n) is 9.90. The number of rotatable bonds is 4. The van der Waals surface area contributed by atoms with E-state index in [1.165, 1.54) is 0 Å². The fourth-order valence-electron chi connectivity index (χ4n) is 1.59. The van der Waals surface area contributed by atoms with Crippen LogP contribution in [0.25, 0.3) is 0 Å². The molecule has 2 aromatic carbocycles. The standard InChI is InChI=1S/C14H11Cl2NOS/c15-10-5-6-13(11(7-10)14(17)19)18-8-9-3-1-2-4-12(9)16/h1-7H,8H2,(H2,17,19). The highest BCUT2D eigenvalue weighted by molar-refractivity contribution is 7.80. The molecule has 0 bridgehead atoms. The van der Waals surface area contributed by atoms with Crippen LogP contribution in [0.15, 0.2) is 42.5 Å². The normalized spacial score (nSPS) is 10.2. The van der Waals surface area contributed by atoms with E-state index in [9.17, 15) is 0 Å². The third-order valence-electron chi connectivity index (χ3n) is 2.55. The van der Waals surface area contributed by atoms with Crippen LogP contribution in [0.4, 0.5) is 0 Å². The molecule has 0 radical (unpaired) electrons. The molecule has 0 fully saturated rings. The summed E-state index contributed by atoms with van der Waals surface area (Å²) in [5, 5.41) is 1.22. The third kappa shape index (κ3) is 3.60. The largest absolute Gasteiger partial charge is 0.488 e. The minimum atomic E-state index is 0.247. The minimum Gasteiger partial charge on any atom is -0.488 e. The van der Waals surface area contributed by atoms with Crippen molar-refractivity contribution in [3.8, 4) is 5.75 Å². The van der Waals surface area contributed by atoms with E-state index in [1.807, 2.05) is 24.3 Å². The molecule has 2 aromatic rings. The van der Waals surface area contributed by atoms with E-state index in [2.05, 4.69) is 0 Å². The molecule has 0 aliphatic rings. The molecule has 0 aromatic heterocycles. The van der Waals surface area contributed by atoms with Gasteiger partial charge in [-0.1, -0.05) is 53.6 Å². The Hall–Kier alpha value is -1.29. The van der Waals surface area contributed by atoms with Crippen LogP contribution in [-0.4, -0.2) is 4.99 Å². The van der Waals surface area contributed by atoms with Crippen LogP contribution in [0, 0.1) is 0 Å². The lowest BCUT2D eigenvalue weighted by atomic mass is 10.2. The lowest BCUT2D eigenvalue weighted by molar-refractivity contribution is 0.306. The average molecular weight is 312 g/mol. The summed E-state index contributed by atoms with van der Waals surface area (Å²) >= 11 is 17.0. The molecule has 2 nitrogen and oxygen atoms in total. The van der Waals surface area contributed by atoms with Crippen LogP contribution in [0.3, 0.4) is 0 Å². The Labute approximate surface area is 127 Å². The zero-order valence-corrected chi connectivity index (χ0v) is 12.2. The van der Waals surface area contributed by atoms with Gasteiger partial charge in [0.1, 0.15) is 17.3 Å². The first-order valence-corrected chi connectivity index (χ1v) is 6.70. The highest BCUT2D eigenvalue weighted by Gasteiger charge is 2.08. The van der Waals surface area contributed by atoms with Crippen molar-refractivity contribution in [1.29, 1.82) is 0 Å². The van der Waals surface area contributed by atoms with Crippen molar-refractivity contribution >= 4 is 40.4 Å². The Bertz CT molecular complexity index is 616. The number of benzene rings is 2. The number of ether oxygens (including phenoxy) is 1. The van der Waals surface area contributed by atoms with Crippen LogP contribution in [0.1, 0.15) is 11.1 Å². The van der Waals surface area contributed by atoms with Crippen molar-refractivity contribution in [3.63, 3.8) is 0 Å². The van der Waals surface area contributed by atoms with Crippen molar-refractivity contribution in [1.82, 2.24) is 0 Å². The maximum absolute atomic E-state index is 6.07. The van der Waals surface area contributed by atoms with Gasteiger partial charge in [0.15, 0.2) is 0 Å². The van der Waals surface area contributed by atoms with E-state index in [0.717, 1.165) is 5.56 Å². The smallest absolute Gasteiger partial charge is 0.130 e. The van der Waals surface area contributed by atoms with Crippen LogP contribution >= 0.6 is 35.4 Å². The molecule has 0 aliphatic heterocycles. The molecule has 0 saturated carbocycles. The van der Waals surface area contributed by atoms with Gasteiger partial charge in [0, 0.05) is 15.6 Å². The van der Waals surface area contributed by atoms with E-state index in [4.69, 9.17) is 45.9 Å². The average Bonchev–Trinajstić information content (AvgIpc) is 2.38. The summed E-state index contributed by atoms with van der Waals surface area (Å²) in [6.45, 7) is 0.344. The van der Waals surface area contributed by atoms with Gasteiger partial charge in [-0.2, -0.15) is 0 Å². The second kappa shape index (κ2) is 6.24. The molecule has 0 heterocycles. The van der Waals surface area contributed by atoms with Gasteiger partial charge in [0.2, 0.25) is 0 Å². The topological polar surface area (TPSA) is 35.2 Å². The van der Waals surface area contributed by atoms with Gasteiger partial charge in [0.25, 0.3) is 0 Å². The first-order valence-electron chi connectivity index (χ1n) is 5.53. The van der Waals surface area contributed by atoms with Crippen molar-refractivity contribution < 1.29 is 4.74 Å². The molecule has 0 atom stereocenters. The first kappa shape index (κ1) is 14.1. The third-order valence-corrected chi connectivity index (χ3v) is 3.37. The predicted octanol–water partition coefficient (Wildman–Crippen LogP) is 4.21. The van der Waals surface area contributed by atoms with E-state index < -0.39 is 0 Å². The molecule has 0 amide bonds. The Kier molecular flexibility index (Phi) is 4.64. The van der Waals surface area contributed by atoms with Gasteiger partial charge in [0.05, 0.1) is 5.56 Å². The van der Waals surface area contributed by atoms with Crippen LogP contribution in [0.2, 0.25) is 10.0 Å². The molecule has 0 aliphatic carbocycles. The summed E-state index contributed by atoms with van der Waals surface area (Å²) in [5.41, 5.74) is 7.17. The van der Waals surface area contributed by atoms with Crippen LogP contribution in [-0.2, 0) is 6.61 Å².